The predicted octanol–water partition coefficient (Wildman–Crippen LogP) is 2.66. The van der Waals surface area contributed by atoms with Gasteiger partial charge in [-0.25, -0.2) is 0 Å². The van der Waals surface area contributed by atoms with E-state index in [1.54, 1.807) is 0 Å². The van der Waals surface area contributed by atoms with Gasteiger partial charge >= 0.3 is 5.97 Å². The van der Waals surface area contributed by atoms with Gasteiger partial charge < -0.3 is 4.74 Å². The molecule has 0 aromatic carbocycles. The molecule has 1 aliphatic rings. The largest absolute Gasteiger partial charge is 0.459 e. The second kappa shape index (κ2) is 3.92. The molecule has 0 radical (unpaired) electrons. The van der Waals surface area contributed by atoms with Crippen LogP contribution in [0.15, 0.2) is 0 Å². The van der Waals surface area contributed by atoms with Crippen LogP contribution in [-0.4, -0.2) is 11.6 Å². The number of rotatable bonds is 4. The normalized spacial score (nSPS) is 29.0. The Hall–Kier alpha value is -0.530. The van der Waals surface area contributed by atoms with Crippen molar-refractivity contribution in [1.82, 2.24) is 0 Å². The summed E-state index contributed by atoms with van der Waals surface area (Å²) in [5.41, 5.74) is -0.133. The number of carbonyl (C=O) groups is 1. The summed E-state index contributed by atoms with van der Waals surface area (Å²) in [6, 6.07) is 0. The molecule has 1 saturated heterocycles. The maximum absolute atomic E-state index is 10.9. The van der Waals surface area contributed by atoms with Crippen molar-refractivity contribution in [3.63, 3.8) is 0 Å². The average Bonchev–Trinajstić information content (AvgIpc) is 2.32. The lowest BCUT2D eigenvalue weighted by molar-refractivity contribution is -0.147. The van der Waals surface area contributed by atoms with Gasteiger partial charge in [-0.2, -0.15) is 0 Å². The molecule has 0 aliphatic carbocycles. The van der Waals surface area contributed by atoms with Crippen molar-refractivity contribution in [2.24, 2.45) is 0 Å². The van der Waals surface area contributed by atoms with Crippen molar-refractivity contribution in [3.8, 4) is 0 Å². The lowest BCUT2D eigenvalue weighted by atomic mass is 9.95. The second-order valence-electron chi connectivity index (χ2n) is 3.88. The molecule has 0 bridgehead atoms. The highest BCUT2D eigenvalue weighted by molar-refractivity contribution is 5.72. The number of hydrogen-bond acceptors (Lipinski definition) is 2. The molecule has 1 rings (SSSR count). The Morgan fingerprint density at radius 1 is 1.50 bits per heavy atom. The van der Waals surface area contributed by atoms with Gasteiger partial charge in [0.15, 0.2) is 0 Å². The van der Waals surface area contributed by atoms with Crippen LogP contribution in [0.2, 0.25) is 0 Å². The number of hydrogen-bond donors (Lipinski definition) is 0. The minimum absolute atomic E-state index is 0.0194. The zero-order valence-electron chi connectivity index (χ0n) is 8.06. The smallest absolute Gasteiger partial charge is 0.306 e. The van der Waals surface area contributed by atoms with Crippen LogP contribution in [0.4, 0.5) is 0 Å². The zero-order valence-corrected chi connectivity index (χ0v) is 8.06. The Labute approximate surface area is 74.3 Å². The summed E-state index contributed by atoms with van der Waals surface area (Å²) in [6.45, 7) is 4.23. The fourth-order valence-electron chi connectivity index (χ4n) is 1.67. The average molecular weight is 170 g/mol. The van der Waals surface area contributed by atoms with Gasteiger partial charge in [0.1, 0.15) is 5.60 Å². The van der Waals surface area contributed by atoms with E-state index >= 15 is 0 Å². The third-order valence-electron chi connectivity index (χ3n) is 2.53. The Bertz CT molecular complexity index is 165. The fraction of sp³-hybridized carbons (Fsp3) is 0.900. The van der Waals surface area contributed by atoms with Crippen LogP contribution in [0, 0.1) is 0 Å². The van der Waals surface area contributed by atoms with Gasteiger partial charge in [0.2, 0.25) is 0 Å². The summed E-state index contributed by atoms with van der Waals surface area (Å²) in [6.07, 6.45) is 6.21. The Kier molecular flexibility index (Phi) is 3.12. The van der Waals surface area contributed by atoms with Gasteiger partial charge in [-0.05, 0) is 26.2 Å². The molecule has 0 aromatic rings. The molecule has 0 amide bonds. The second-order valence-corrected chi connectivity index (χ2v) is 3.88. The monoisotopic (exact) mass is 170 g/mol. The summed E-state index contributed by atoms with van der Waals surface area (Å²) in [5, 5.41) is 0. The first-order valence-electron chi connectivity index (χ1n) is 4.88. The van der Waals surface area contributed by atoms with Crippen molar-refractivity contribution in [2.45, 2.75) is 58.0 Å². The molecule has 1 unspecified atom stereocenters. The van der Waals surface area contributed by atoms with E-state index in [9.17, 15) is 4.79 Å². The number of carbonyl (C=O) groups excluding carboxylic acids is 1. The van der Waals surface area contributed by atoms with Gasteiger partial charge in [-0.1, -0.05) is 19.8 Å². The van der Waals surface area contributed by atoms with Crippen molar-refractivity contribution in [3.05, 3.63) is 0 Å². The van der Waals surface area contributed by atoms with Crippen LogP contribution in [0.5, 0.6) is 0 Å². The predicted molar refractivity (Wildman–Crippen MR) is 47.9 cm³/mol. The van der Waals surface area contributed by atoms with Gasteiger partial charge in [0.05, 0.1) is 0 Å². The van der Waals surface area contributed by atoms with Crippen LogP contribution in [0.1, 0.15) is 52.4 Å². The Balaban J connectivity index is 2.25. The highest BCUT2D eigenvalue weighted by Crippen LogP contribution is 2.30. The standard InChI is InChI=1S/C10H18O2/c1-3-4-5-7-10(2)8-6-9(11)12-10/h3-8H2,1-2H3. The maximum Gasteiger partial charge on any atom is 0.306 e. The number of esters is 1. The molecule has 1 fully saturated rings. The van der Waals surface area contributed by atoms with Crippen molar-refractivity contribution < 1.29 is 9.53 Å². The fourth-order valence-corrected chi connectivity index (χ4v) is 1.67. The molecule has 12 heavy (non-hydrogen) atoms. The van der Waals surface area contributed by atoms with Crippen LogP contribution in [0.25, 0.3) is 0 Å². The van der Waals surface area contributed by atoms with E-state index in [4.69, 9.17) is 4.74 Å². The molecule has 1 atom stereocenters. The van der Waals surface area contributed by atoms with E-state index < -0.39 is 0 Å². The van der Waals surface area contributed by atoms with Crippen molar-refractivity contribution >= 4 is 5.97 Å². The van der Waals surface area contributed by atoms with Crippen LogP contribution in [0.3, 0.4) is 0 Å². The quantitative estimate of drug-likeness (QED) is 0.479. The summed E-state index contributed by atoms with van der Waals surface area (Å²) in [5.74, 6) is -0.0194. The van der Waals surface area contributed by atoms with E-state index in [2.05, 4.69) is 6.92 Å². The minimum atomic E-state index is -0.133. The minimum Gasteiger partial charge on any atom is -0.459 e. The molecule has 2 nitrogen and oxygen atoms in total. The third-order valence-corrected chi connectivity index (χ3v) is 2.53. The first-order valence-corrected chi connectivity index (χ1v) is 4.88. The van der Waals surface area contributed by atoms with Crippen LogP contribution < -0.4 is 0 Å². The summed E-state index contributed by atoms with van der Waals surface area (Å²) >= 11 is 0. The summed E-state index contributed by atoms with van der Waals surface area (Å²) in [7, 11) is 0. The SMILES string of the molecule is CCCCCC1(C)CCC(=O)O1. The molecule has 0 saturated carbocycles. The third kappa shape index (κ3) is 2.50. The van der Waals surface area contributed by atoms with Gasteiger partial charge in [0.25, 0.3) is 0 Å². The highest BCUT2D eigenvalue weighted by atomic mass is 16.6. The van der Waals surface area contributed by atoms with Crippen LogP contribution >= 0.6 is 0 Å². The van der Waals surface area contributed by atoms with E-state index in [1.165, 1.54) is 19.3 Å². The highest BCUT2D eigenvalue weighted by Gasteiger charge is 2.34. The number of unbranched alkanes of at least 4 members (excludes halogenated alkanes) is 2. The lowest BCUT2D eigenvalue weighted by Crippen LogP contribution is -2.23. The molecular formula is C10H18O2. The molecule has 1 aliphatic heterocycles. The molecule has 0 N–H and O–H groups in total. The van der Waals surface area contributed by atoms with Gasteiger partial charge in [-0.3, -0.25) is 4.79 Å². The Morgan fingerprint density at radius 3 is 2.75 bits per heavy atom. The zero-order chi connectivity index (χ0) is 9.03. The topological polar surface area (TPSA) is 26.3 Å². The van der Waals surface area contributed by atoms with E-state index in [0.29, 0.717) is 6.42 Å². The van der Waals surface area contributed by atoms with Crippen LogP contribution in [-0.2, 0) is 9.53 Å². The molecule has 1 heterocycles. The summed E-state index contributed by atoms with van der Waals surface area (Å²) < 4.78 is 5.26. The molecule has 0 spiro atoms. The number of ether oxygens (including phenoxy) is 1. The first-order chi connectivity index (χ1) is 5.66. The van der Waals surface area contributed by atoms with E-state index in [1.807, 2.05) is 6.92 Å². The molecule has 0 aromatic heterocycles. The van der Waals surface area contributed by atoms with E-state index in [0.717, 1.165) is 12.8 Å². The van der Waals surface area contributed by atoms with Crippen molar-refractivity contribution in [1.29, 1.82) is 0 Å². The first kappa shape index (κ1) is 9.56. The lowest BCUT2D eigenvalue weighted by Gasteiger charge is -2.21. The molecule has 70 valence electrons. The van der Waals surface area contributed by atoms with Gasteiger partial charge in [-0.15, -0.1) is 0 Å². The summed E-state index contributed by atoms with van der Waals surface area (Å²) in [4.78, 5) is 10.9. The number of cyclic esters (lactones) is 1. The molecule has 2 heteroatoms. The van der Waals surface area contributed by atoms with Crippen molar-refractivity contribution in [2.75, 3.05) is 0 Å². The van der Waals surface area contributed by atoms with E-state index in [-0.39, 0.29) is 11.6 Å². The Morgan fingerprint density at radius 2 is 2.25 bits per heavy atom. The molecular weight excluding hydrogens is 152 g/mol. The van der Waals surface area contributed by atoms with Gasteiger partial charge in [0, 0.05) is 6.42 Å². The maximum atomic E-state index is 10.9.